The average Bonchev–Trinajstić information content (AvgIpc) is 3.11. The van der Waals surface area contributed by atoms with Crippen molar-refractivity contribution in [2.45, 2.75) is 26.3 Å². The third kappa shape index (κ3) is 4.67. The van der Waals surface area contributed by atoms with Crippen LogP contribution >= 0.6 is 0 Å². The number of fused-ring (bicyclic) bond motifs is 3. The number of hydrogen-bond donors (Lipinski definition) is 2. The summed E-state index contributed by atoms with van der Waals surface area (Å²) in [6, 6.07) is 6.11. The molecular formula is C24H33N7O3S. The van der Waals surface area contributed by atoms with Gasteiger partial charge in [-0.15, -0.1) is 0 Å². The molecule has 2 saturated heterocycles. The van der Waals surface area contributed by atoms with E-state index in [0.29, 0.717) is 24.7 Å². The number of pyridine rings is 2. The summed E-state index contributed by atoms with van der Waals surface area (Å²) in [5, 5.41) is 2.49. The van der Waals surface area contributed by atoms with E-state index in [-0.39, 0.29) is 11.5 Å². The van der Waals surface area contributed by atoms with Gasteiger partial charge in [-0.05, 0) is 43.9 Å². The molecule has 10 nitrogen and oxygen atoms in total. The van der Waals surface area contributed by atoms with Crippen LogP contribution in [0.25, 0.3) is 27.8 Å². The highest BCUT2D eigenvalue weighted by atomic mass is 32.2. The minimum Gasteiger partial charge on any atom is -0.401 e. The van der Waals surface area contributed by atoms with Crippen LogP contribution in [0.3, 0.4) is 0 Å². The SMILES string of the molecule is C/C(N)=C(\c1cnc2c3ccc(N4CCS(=O)(=O)CC4)nc3n(CC3CCOCC3)c2c1)N(C)N. The highest BCUT2D eigenvalue weighted by Gasteiger charge is 2.25. The van der Waals surface area contributed by atoms with E-state index in [0.717, 1.165) is 71.7 Å². The molecule has 0 aromatic carbocycles. The maximum Gasteiger partial charge on any atom is 0.153 e. The number of rotatable bonds is 5. The van der Waals surface area contributed by atoms with Gasteiger partial charge in [0.25, 0.3) is 0 Å². The molecule has 11 heteroatoms. The zero-order valence-corrected chi connectivity index (χ0v) is 21.1. The third-order valence-electron chi connectivity index (χ3n) is 6.98. The lowest BCUT2D eigenvalue weighted by molar-refractivity contribution is 0.0619. The Balaban J connectivity index is 1.65. The number of hydrazine groups is 1. The second-order valence-electron chi connectivity index (χ2n) is 9.58. The quantitative estimate of drug-likeness (QED) is 0.397. The molecule has 0 unspecified atom stereocenters. The number of allylic oxidation sites excluding steroid dienone is 1. The Morgan fingerprint density at radius 3 is 2.60 bits per heavy atom. The minimum absolute atomic E-state index is 0.156. The van der Waals surface area contributed by atoms with E-state index in [2.05, 4.69) is 21.6 Å². The molecular weight excluding hydrogens is 466 g/mol. The van der Waals surface area contributed by atoms with Gasteiger partial charge in [0.05, 0.1) is 28.2 Å². The molecule has 35 heavy (non-hydrogen) atoms. The van der Waals surface area contributed by atoms with Crippen LogP contribution in [0.2, 0.25) is 0 Å². The van der Waals surface area contributed by atoms with Gasteiger partial charge in [0.15, 0.2) is 9.84 Å². The molecule has 0 saturated carbocycles. The molecule has 0 bridgehead atoms. The summed E-state index contributed by atoms with van der Waals surface area (Å²) in [5.41, 5.74) is 11.1. The third-order valence-corrected chi connectivity index (χ3v) is 8.59. The highest BCUT2D eigenvalue weighted by molar-refractivity contribution is 7.91. The van der Waals surface area contributed by atoms with Crippen LogP contribution in [-0.4, -0.2) is 72.8 Å². The number of nitrogens with two attached hydrogens (primary N) is 2. The Bertz CT molecular complexity index is 1370. The zero-order valence-electron chi connectivity index (χ0n) is 20.3. The van der Waals surface area contributed by atoms with Crippen LogP contribution in [0.1, 0.15) is 25.3 Å². The Labute approximate surface area is 205 Å². The van der Waals surface area contributed by atoms with Crippen molar-refractivity contribution < 1.29 is 13.2 Å². The minimum atomic E-state index is -2.97. The van der Waals surface area contributed by atoms with Crippen LogP contribution < -0.4 is 16.5 Å². The fourth-order valence-electron chi connectivity index (χ4n) is 5.14. The first-order chi connectivity index (χ1) is 16.7. The van der Waals surface area contributed by atoms with Crippen LogP contribution in [0, 0.1) is 5.92 Å². The molecule has 5 heterocycles. The van der Waals surface area contributed by atoms with Crippen LogP contribution in [0.4, 0.5) is 5.82 Å². The van der Waals surface area contributed by atoms with Crippen molar-refractivity contribution in [3.8, 4) is 0 Å². The van der Waals surface area contributed by atoms with E-state index in [9.17, 15) is 8.42 Å². The predicted octanol–water partition coefficient (Wildman–Crippen LogP) is 1.70. The van der Waals surface area contributed by atoms with Crippen LogP contribution in [-0.2, 0) is 21.1 Å². The molecule has 4 N–H and O–H groups in total. The number of ether oxygens (including phenoxy) is 1. The van der Waals surface area contributed by atoms with Crippen molar-refractivity contribution in [3.63, 3.8) is 0 Å². The normalized spacial score (nSPS) is 19.8. The Morgan fingerprint density at radius 2 is 1.94 bits per heavy atom. The van der Waals surface area contributed by atoms with E-state index in [1.54, 1.807) is 13.2 Å². The van der Waals surface area contributed by atoms with Crippen molar-refractivity contribution in [3.05, 3.63) is 35.7 Å². The molecule has 0 amide bonds. The van der Waals surface area contributed by atoms with Crippen molar-refractivity contribution in [1.29, 1.82) is 0 Å². The Kier molecular flexibility index (Phi) is 6.32. The molecule has 2 aliphatic heterocycles. The highest BCUT2D eigenvalue weighted by Crippen LogP contribution is 2.33. The molecule has 2 fully saturated rings. The summed E-state index contributed by atoms with van der Waals surface area (Å²) in [6.07, 6.45) is 3.80. The molecule has 0 aliphatic carbocycles. The van der Waals surface area contributed by atoms with E-state index in [4.69, 9.17) is 26.3 Å². The summed E-state index contributed by atoms with van der Waals surface area (Å²) < 4.78 is 31.7. The summed E-state index contributed by atoms with van der Waals surface area (Å²) in [7, 11) is -1.20. The van der Waals surface area contributed by atoms with Gasteiger partial charge in [-0.3, -0.25) is 4.98 Å². The number of nitrogens with zero attached hydrogens (tertiary/aromatic N) is 5. The average molecular weight is 500 g/mol. The molecule has 5 rings (SSSR count). The first-order valence-electron chi connectivity index (χ1n) is 12.0. The van der Waals surface area contributed by atoms with Crippen molar-refractivity contribution in [2.24, 2.45) is 17.5 Å². The van der Waals surface area contributed by atoms with Gasteiger partial charge < -0.3 is 24.9 Å². The molecule has 188 valence electrons. The topological polar surface area (TPSA) is 133 Å². The Morgan fingerprint density at radius 1 is 1.23 bits per heavy atom. The van der Waals surface area contributed by atoms with E-state index < -0.39 is 9.84 Å². The zero-order chi connectivity index (χ0) is 24.7. The maximum absolute atomic E-state index is 11.9. The first-order valence-corrected chi connectivity index (χ1v) is 13.8. The summed E-state index contributed by atoms with van der Waals surface area (Å²) in [4.78, 5) is 11.9. The summed E-state index contributed by atoms with van der Waals surface area (Å²) in [6.45, 7) is 5.07. The van der Waals surface area contributed by atoms with E-state index >= 15 is 0 Å². The smallest absolute Gasteiger partial charge is 0.153 e. The second-order valence-corrected chi connectivity index (χ2v) is 11.9. The van der Waals surface area contributed by atoms with Gasteiger partial charge in [-0.25, -0.2) is 19.2 Å². The van der Waals surface area contributed by atoms with E-state index in [1.165, 1.54) is 5.01 Å². The molecule has 3 aromatic heterocycles. The van der Waals surface area contributed by atoms with Gasteiger partial charge in [-0.2, -0.15) is 0 Å². The second kappa shape index (κ2) is 9.29. The lowest BCUT2D eigenvalue weighted by atomic mass is 10.0. The molecule has 3 aromatic rings. The van der Waals surface area contributed by atoms with Crippen molar-refractivity contribution in [2.75, 3.05) is 49.8 Å². The van der Waals surface area contributed by atoms with Gasteiger partial charge in [0.1, 0.15) is 11.5 Å². The summed E-state index contributed by atoms with van der Waals surface area (Å²) >= 11 is 0. The van der Waals surface area contributed by atoms with Gasteiger partial charge in [-0.1, -0.05) is 0 Å². The molecule has 0 radical (unpaired) electrons. The predicted molar refractivity (Wildman–Crippen MR) is 138 cm³/mol. The monoisotopic (exact) mass is 499 g/mol. The number of sulfone groups is 1. The largest absolute Gasteiger partial charge is 0.401 e. The van der Waals surface area contributed by atoms with Crippen molar-refractivity contribution >= 4 is 43.4 Å². The number of aromatic nitrogens is 3. The van der Waals surface area contributed by atoms with Crippen molar-refractivity contribution in [1.82, 2.24) is 19.5 Å². The fraction of sp³-hybridized carbons (Fsp3) is 0.500. The lowest BCUT2D eigenvalue weighted by Crippen LogP contribution is -2.40. The van der Waals surface area contributed by atoms with E-state index in [1.807, 2.05) is 13.0 Å². The van der Waals surface area contributed by atoms with Crippen LogP contribution in [0.15, 0.2) is 30.1 Å². The fourth-order valence-corrected chi connectivity index (χ4v) is 6.34. The number of hydrogen-bond acceptors (Lipinski definition) is 9. The summed E-state index contributed by atoms with van der Waals surface area (Å²) in [5.74, 6) is 7.66. The standard InChI is InChI=1S/C24H33N7O3S/c1-16(25)23(29(2)26)18-13-20-22(27-14-18)19-3-4-21(30-7-11-35(32,33)12-8-30)28-24(19)31(20)15-17-5-9-34-10-6-17/h3-4,13-14,17H,5-12,15,25-26H2,1-2H3/b23-16-. The molecule has 0 spiro atoms. The Hall–Kier alpha value is -2.89. The van der Waals surface area contributed by atoms with Gasteiger partial charge >= 0.3 is 0 Å². The maximum atomic E-state index is 11.9. The lowest BCUT2D eigenvalue weighted by Gasteiger charge is -2.28. The van der Waals surface area contributed by atoms with Gasteiger partial charge in [0.2, 0.25) is 0 Å². The molecule has 0 atom stereocenters. The molecule has 2 aliphatic rings. The first kappa shape index (κ1) is 23.8. The van der Waals surface area contributed by atoms with Crippen LogP contribution in [0.5, 0.6) is 0 Å². The van der Waals surface area contributed by atoms with Gasteiger partial charge in [0, 0.05) is 62.7 Å². The number of anilines is 1.